The molecule has 1 atom stereocenters. The maximum absolute atomic E-state index is 10.2. The Morgan fingerprint density at radius 1 is 1.75 bits per heavy atom. The van der Waals surface area contributed by atoms with E-state index in [1.54, 1.807) is 0 Å². The molecule has 0 unspecified atom stereocenters. The summed E-state index contributed by atoms with van der Waals surface area (Å²) in [4.78, 5) is 20.1. The van der Waals surface area contributed by atoms with Crippen LogP contribution < -0.4 is 10.6 Å². The second kappa shape index (κ2) is 1.81. The molecule has 0 bridgehead atoms. The summed E-state index contributed by atoms with van der Waals surface area (Å²) in [6.07, 6.45) is 0.706. The number of carbonyl (C=O) groups is 2. The second-order valence-electron chi connectivity index (χ2n) is 1.60. The number of nitrogens with one attached hydrogen (secondary N) is 2. The summed E-state index contributed by atoms with van der Waals surface area (Å²) in [6, 6.07) is -0.579. The Morgan fingerprint density at radius 2 is 2.50 bits per heavy atom. The van der Waals surface area contributed by atoms with Crippen molar-refractivity contribution in [3.63, 3.8) is 0 Å². The van der Waals surface area contributed by atoms with Crippen molar-refractivity contribution in [3.05, 3.63) is 0 Å². The van der Waals surface area contributed by atoms with Crippen molar-refractivity contribution in [2.45, 2.75) is 6.04 Å². The molecule has 1 heterocycles. The van der Waals surface area contributed by atoms with Gasteiger partial charge < -0.3 is 15.4 Å². The molecule has 0 saturated carbocycles. The van der Waals surface area contributed by atoms with Crippen LogP contribution >= 0.6 is 0 Å². The standard InChI is InChI=1S/C4H6N2O2/c7-2-3-1-5-4(8)6-3/h2-3H,1H2,(H2,5,6,8)/t3-/m1/s1. The summed E-state index contributed by atoms with van der Waals surface area (Å²) < 4.78 is 0. The van der Waals surface area contributed by atoms with Crippen LogP contribution in [0.15, 0.2) is 0 Å². The van der Waals surface area contributed by atoms with E-state index in [1.165, 1.54) is 0 Å². The van der Waals surface area contributed by atoms with Gasteiger partial charge in [0, 0.05) is 6.54 Å². The Bertz CT molecular complexity index is 123. The molecule has 2 N–H and O–H groups in total. The van der Waals surface area contributed by atoms with Crippen molar-refractivity contribution in [2.75, 3.05) is 6.54 Å². The van der Waals surface area contributed by atoms with E-state index >= 15 is 0 Å². The lowest BCUT2D eigenvalue weighted by Gasteiger charge is -1.91. The minimum atomic E-state index is -0.317. The van der Waals surface area contributed by atoms with E-state index in [4.69, 9.17) is 0 Å². The van der Waals surface area contributed by atoms with Crippen molar-refractivity contribution >= 4 is 12.3 Å². The van der Waals surface area contributed by atoms with Gasteiger partial charge in [0.1, 0.15) is 12.3 Å². The lowest BCUT2D eigenvalue weighted by molar-refractivity contribution is -0.108. The third-order valence-electron chi connectivity index (χ3n) is 0.963. The first-order valence-corrected chi connectivity index (χ1v) is 2.32. The molecule has 0 radical (unpaired) electrons. The third-order valence-corrected chi connectivity index (χ3v) is 0.963. The molecule has 0 aliphatic carbocycles. The summed E-state index contributed by atoms with van der Waals surface area (Å²) >= 11 is 0. The van der Waals surface area contributed by atoms with Crippen molar-refractivity contribution in [3.8, 4) is 0 Å². The molecule has 0 aromatic carbocycles. The Hall–Kier alpha value is -1.06. The molecular weight excluding hydrogens is 108 g/mol. The summed E-state index contributed by atoms with van der Waals surface area (Å²) in [5.74, 6) is 0. The SMILES string of the molecule is O=C[C@H]1CNC(=O)N1. The average Bonchev–Trinajstić information content (AvgIpc) is 2.14. The second-order valence-corrected chi connectivity index (χ2v) is 1.60. The lowest BCUT2D eigenvalue weighted by atomic mass is 10.4. The highest BCUT2D eigenvalue weighted by Gasteiger charge is 2.17. The van der Waals surface area contributed by atoms with E-state index in [0.717, 1.165) is 0 Å². The van der Waals surface area contributed by atoms with Crippen LogP contribution in [0.2, 0.25) is 0 Å². The normalized spacial score (nSPS) is 26.5. The maximum atomic E-state index is 10.2. The molecule has 1 rings (SSSR count). The van der Waals surface area contributed by atoms with E-state index < -0.39 is 0 Å². The molecule has 1 aliphatic rings. The number of aldehydes is 1. The Morgan fingerprint density at radius 3 is 2.75 bits per heavy atom. The van der Waals surface area contributed by atoms with E-state index in [9.17, 15) is 9.59 Å². The maximum Gasteiger partial charge on any atom is 0.315 e. The van der Waals surface area contributed by atoms with Crippen molar-refractivity contribution in [1.82, 2.24) is 10.6 Å². The summed E-state index contributed by atoms with van der Waals surface area (Å²) in [7, 11) is 0. The summed E-state index contributed by atoms with van der Waals surface area (Å²) in [5, 5.41) is 4.82. The molecule has 1 aliphatic heterocycles. The molecule has 0 aromatic rings. The van der Waals surface area contributed by atoms with Gasteiger partial charge in [-0.3, -0.25) is 0 Å². The monoisotopic (exact) mass is 114 g/mol. The van der Waals surface area contributed by atoms with Gasteiger partial charge in [-0.25, -0.2) is 4.79 Å². The van der Waals surface area contributed by atoms with E-state index in [1.807, 2.05) is 0 Å². The van der Waals surface area contributed by atoms with Crippen LogP contribution in [0.1, 0.15) is 0 Å². The summed E-state index contributed by atoms with van der Waals surface area (Å²) in [6.45, 7) is 0.419. The molecule has 4 heteroatoms. The Balaban J connectivity index is 2.43. The molecular formula is C4H6N2O2. The zero-order chi connectivity index (χ0) is 5.98. The highest BCUT2D eigenvalue weighted by molar-refractivity contribution is 5.81. The third kappa shape index (κ3) is 0.776. The zero-order valence-electron chi connectivity index (χ0n) is 4.18. The molecule has 0 aromatic heterocycles. The van der Waals surface area contributed by atoms with Crippen LogP contribution in [0, 0.1) is 0 Å². The Kier molecular flexibility index (Phi) is 1.15. The van der Waals surface area contributed by atoms with Gasteiger partial charge in [0.15, 0.2) is 0 Å². The fourth-order valence-electron chi connectivity index (χ4n) is 0.555. The van der Waals surface area contributed by atoms with E-state index in [2.05, 4.69) is 10.6 Å². The topological polar surface area (TPSA) is 58.2 Å². The van der Waals surface area contributed by atoms with Gasteiger partial charge in [-0.2, -0.15) is 0 Å². The quantitative estimate of drug-likeness (QED) is 0.423. The molecule has 8 heavy (non-hydrogen) atoms. The minimum Gasteiger partial charge on any atom is -0.336 e. The molecule has 1 fully saturated rings. The van der Waals surface area contributed by atoms with E-state index in [0.29, 0.717) is 12.8 Å². The van der Waals surface area contributed by atoms with Gasteiger partial charge >= 0.3 is 6.03 Å². The van der Waals surface area contributed by atoms with Gasteiger partial charge in [-0.15, -0.1) is 0 Å². The van der Waals surface area contributed by atoms with Gasteiger partial charge in [0.25, 0.3) is 0 Å². The minimum absolute atomic E-state index is 0.262. The number of hydrogen-bond acceptors (Lipinski definition) is 2. The molecule has 0 spiro atoms. The first-order valence-electron chi connectivity index (χ1n) is 2.32. The smallest absolute Gasteiger partial charge is 0.315 e. The van der Waals surface area contributed by atoms with Crippen molar-refractivity contribution in [1.29, 1.82) is 0 Å². The van der Waals surface area contributed by atoms with Gasteiger partial charge in [0.05, 0.1) is 0 Å². The van der Waals surface area contributed by atoms with Crippen LogP contribution in [-0.2, 0) is 4.79 Å². The van der Waals surface area contributed by atoms with Gasteiger partial charge in [-0.1, -0.05) is 0 Å². The van der Waals surface area contributed by atoms with Crippen LogP contribution in [0.4, 0.5) is 4.79 Å². The highest BCUT2D eigenvalue weighted by atomic mass is 16.2. The van der Waals surface area contributed by atoms with Gasteiger partial charge in [0.2, 0.25) is 0 Å². The highest BCUT2D eigenvalue weighted by Crippen LogP contribution is 1.83. The fourth-order valence-corrected chi connectivity index (χ4v) is 0.555. The number of amides is 2. The number of hydrogen-bond donors (Lipinski definition) is 2. The fraction of sp³-hybridized carbons (Fsp3) is 0.500. The molecule has 44 valence electrons. The first kappa shape index (κ1) is 5.08. The van der Waals surface area contributed by atoms with Crippen LogP contribution in [-0.4, -0.2) is 24.9 Å². The van der Waals surface area contributed by atoms with Crippen LogP contribution in [0.3, 0.4) is 0 Å². The van der Waals surface area contributed by atoms with Gasteiger partial charge in [-0.05, 0) is 0 Å². The number of urea groups is 1. The van der Waals surface area contributed by atoms with Crippen molar-refractivity contribution < 1.29 is 9.59 Å². The predicted octanol–water partition coefficient (Wildman–Crippen LogP) is -1.13. The van der Waals surface area contributed by atoms with Crippen LogP contribution in [0.25, 0.3) is 0 Å². The van der Waals surface area contributed by atoms with Crippen molar-refractivity contribution in [2.24, 2.45) is 0 Å². The summed E-state index contributed by atoms with van der Waals surface area (Å²) in [5.41, 5.74) is 0. The first-order chi connectivity index (χ1) is 3.83. The van der Waals surface area contributed by atoms with E-state index in [-0.39, 0.29) is 12.1 Å². The Labute approximate surface area is 46.3 Å². The van der Waals surface area contributed by atoms with Crippen LogP contribution in [0.5, 0.6) is 0 Å². The molecule has 1 saturated heterocycles. The lowest BCUT2D eigenvalue weighted by Crippen LogP contribution is -2.27. The zero-order valence-corrected chi connectivity index (χ0v) is 4.18. The predicted molar refractivity (Wildman–Crippen MR) is 26.4 cm³/mol. The number of carbonyl (C=O) groups excluding carboxylic acids is 2. The molecule has 4 nitrogen and oxygen atoms in total. The number of rotatable bonds is 1. The average molecular weight is 114 g/mol. The molecule has 2 amide bonds. The largest absolute Gasteiger partial charge is 0.336 e.